The molecule has 2 fully saturated rings. The molecule has 1 aliphatic heterocycles. The molecule has 6 heteroatoms. The van der Waals surface area contributed by atoms with Crippen LogP contribution < -0.4 is 10.0 Å². The van der Waals surface area contributed by atoms with E-state index in [9.17, 15) is 8.42 Å². The van der Waals surface area contributed by atoms with Gasteiger partial charge in [-0.15, -0.1) is 0 Å². The van der Waals surface area contributed by atoms with Crippen LogP contribution in [0.2, 0.25) is 0 Å². The minimum absolute atomic E-state index is 0.103. The topological polar surface area (TPSA) is 67.4 Å². The number of hydrogen-bond acceptors (Lipinski definition) is 4. The van der Waals surface area contributed by atoms with Gasteiger partial charge in [-0.1, -0.05) is 0 Å². The molecular formula is C10H20N2O3S. The fourth-order valence-electron chi connectivity index (χ4n) is 1.85. The maximum Gasteiger partial charge on any atom is 0.214 e. The van der Waals surface area contributed by atoms with Crippen LogP contribution in [0.3, 0.4) is 0 Å². The third-order valence-electron chi connectivity index (χ3n) is 2.89. The molecule has 0 bridgehead atoms. The Labute approximate surface area is 97.0 Å². The first-order valence-electron chi connectivity index (χ1n) is 5.98. The van der Waals surface area contributed by atoms with Gasteiger partial charge in [-0.3, -0.25) is 0 Å². The molecule has 1 atom stereocenters. The molecule has 1 unspecified atom stereocenters. The van der Waals surface area contributed by atoms with E-state index in [0.717, 1.165) is 19.4 Å². The Morgan fingerprint density at radius 3 is 2.62 bits per heavy atom. The highest BCUT2D eigenvalue weighted by Gasteiger charge is 2.23. The van der Waals surface area contributed by atoms with Gasteiger partial charge in [0.2, 0.25) is 10.0 Å². The van der Waals surface area contributed by atoms with Crippen LogP contribution >= 0.6 is 0 Å². The maximum atomic E-state index is 11.6. The van der Waals surface area contributed by atoms with E-state index < -0.39 is 10.0 Å². The second-order valence-corrected chi connectivity index (χ2v) is 6.39. The van der Waals surface area contributed by atoms with Crippen LogP contribution in [0, 0.1) is 0 Å². The van der Waals surface area contributed by atoms with Crippen molar-refractivity contribution in [3.63, 3.8) is 0 Å². The minimum Gasteiger partial charge on any atom is -0.377 e. The third kappa shape index (κ3) is 4.37. The van der Waals surface area contributed by atoms with Crippen molar-refractivity contribution in [2.24, 2.45) is 0 Å². The Kier molecular flexibility index (Phi) is 4.18. The van der Waals surface area contributed by atoms with Crippen LogP contribution in [0.5, 0.6) is 0 Å². The van der Waals surface area contributed by atoms with Crippen molar-refractivity contribution >= 4 is 10.0 Å². The molecule has 2 N–H and O–H groups in total. The van der Waals surface area contributed by atoms with E-state index in [1.54, 1.807) is 0 Å². The van der Waals surface area contributed by atoms with E-state index in [2.05, 4.69) is 10.0 Å². The van der Waals surface area contributed by atoms with Crippen LogP contribution in [-0.4, -0.2) is 46.0 Å². The SMILES string of the molecule is O=S(=O)(CC1CCCO1)NCCNC1CC1. The molecule has 2 aliphatic rings. The van der Waals surface area contributed by atoms with Gasteiger partial charge in [-0.25, -0.2) is 13.1 Å². The van der Waals surface area contributed by atoms with Gasteiger partial charge in [0.05, 0.1) is 11.9 Å². The summed E-state index contributed by atoms with van der Waals surface area (Å²) in [6, 6.07) is 0.627. The van der Waals surface area contributed by atoms with Gasteiger partial charge in [-0.05, 0) is 25.7 Å². The molecule has 5 nitrogen and oxygen atoms in total. The van der Waals surface area contributed by atoms with Gasteiger partial charge in [0.25, 0.3) is 0 Å². The van der Waals surface area contributed by atoms with Gasteiger partial charge < -0.3 is 10.1 Å². The Balaban J connectivity index is 1.61. The van der Waals surface area contributed by atoms with Gasteiger partial charge in [0.15, 0.2) is 0 Å². The highest BCUT2D eigenvalue weighted by molar-refractivity contribution is 7.89. The third-order valence-corrected chi connectivity index (χ3v) is 4.34. The van der Waals surface area contributed by atoms with E-state index >= 15 is 0 Å². The highest BCUT2D eigenvalue weighted by Crippen LogP contribution is 2.17. The predicted octanol–water partition coefficient (Wildman–Crippen LogP) is -0.163. The number of ether oxygens (including phenoxy) is 1. The molecule has 0 spiro atoms. The standard InChI is InChI=1S/C10H20N2O3S/c13-16(14,8-10-2-1-7-15-10)12-6-5-11-9-3-4-9/h9-12H,1-8H2. The Hall–Kier alpha value is -0.170. The predicted molar refractivity (Wildman–Crippen MR) is 61.8 cm³/mol. The van der Waals surface area contributed by atoms with E-state index in [-0.39, 0.29) is 11.9 Å². The average molecular weight is 248 g/mol. The summed E-state index contributed by atoms with van der Waals surface area (Å²) in [5.41, 5.74) is 0. The first-order chi connectivity index (χ1) is 7.66. The highest BCUT2D eigenvalue weighted by atomic mass is 32.2. The molecule has 2 rings (SSSR count). The minimum atomic E-state index is -3.16. The summed E-state index contributed by atoms with van der Waals surface area (Å²) >= 11 is 0. The molecule has 1 aliphatic carbocycles. The van der Waals surface area contributed by atoms with Crippen molar-refractivity contribution in [3.05, 3.63) is 0 Å². The molecular weight excluding hydrogens is 228 g/mol. The summed E-state index contributed by atoms with van der Waals surface area (Å²) in [5.74, 6) is 0.108. The molecule has 0 aromatic heterocycles. The quantitative estimate of drug-likeness (QED) is 0.614. The maximum absolute atomic E-state index is 11.6. The van der Waals surface area contributed by atoms with E-state index in [4.69, 9.17) is 4.74 Å². The van der Waals surface area contributed by atoms with Crippen molar-refractivity contribution in [3.8, 4) is 0 Å². The van der Waals surface area contributed by atoms with Crippen LogP contribution in [0.4, 0.5) is 0 Å². The van der Waals surface area contributed by atoms with Crippen LogP contribution in [-0.2, 0) is 14.8 Å². The summed E-state index contributed by atoms with van der Waals surface area (Å²) < 4.78 is 31.2. The van der Waals surface area contributed by atoms with Gasteiger partial charge in [-0.2, -0.15) is 0 Å². The van der Waals surface area contributed by atoms with Crippen molar-refractivity contribution in [1.82, 2.24) is 10.0 Å². The second-order valence-electron chi connectivity index (χ2n) is 4.54. The molecule has 94 valence electrons. The summed E-state index contributed by atoms with van der Waals surface area (Å²) in [4.78, 5) is 0. The smallest absolute Gasteiger partial charge is 0.214 e. The zero-order chi connectivity index (χ0) is 11.4. The van der Waals surface area contributed by atoms with Crippen molar-refractivity contribution in [1.29, 1.82) is 0 Å². The Morgan fingerprint density at radius 1 is 1.19 bits per heavy atom. The summed E-state index contributed by atoms with van der Waals surface area (Å²) in [5, 5.41) is 3.26. The zero-order valence-electron chi connectivity index (χ0n) is 9.44. The number of nitrogens with one attached hydrogen (secondary N) is 2. The number of hydrogen-bond donors (Lipinski definition) is 2. The van der Waals surface area contributed by atoms with Crippen LogP contribution in [0.1, 0.15) is 25.7 Å². The van der Waals surface area contributed by atoms with Crippen LogP contribution in [0.25, 0.3) is 0 Å². The fourth-order valence-corrected chi connectivity index (χ4v) is 3.13. The van der Waals surface area contributed by atoms with E-state index in [1.807, 2.05) is 0 Å². The van der Waals surface area contributed by atoms with Gasteiger partial charge >= 0.3 is 0 Å². The van der Waals surface area contributed by atoms with E-state index in [0.29, 0.717) is 19.2 Å². The second kappa shape index (κ2) is 5.44. The largest absolute Gasteiger partial charge is 0.377 e. The van der Waals surface area contributed by atoms with Gasteiger partial charge in [0.1, 0.15) is 0 Å². The lowest BCUT2D eigenvalue weighted by Crippen LogP contribution is -2.36. The molecule has 1 saturated carbocycles. The summed E-state index contributed by atoms with van der Waals surface area (Å²) in [7, 11) is -3.16. The average Bonchev–Trinajstić information content (AvgIpc) is 2.91. The normalized spacial score (nSPS) is 26.1. The first-order valence-corrected chi connectivity index (χ1v) is 7.63. The van der Waals surface area contributed by atoms with Gasteiger partial charge in [0, 0.05) is 25.7 Å². The van der Waals surface area contributed by atoms with Crippen LogP contribution in [0.15, 0.2) is 0 Å². The Morgan fingerprint density at radius 2 is 2.00 bits per heavy atom. The lowest BCUT2D eigenvalue weighted by Gasteiger charge is -2.11. The van der Waals surface area contributed by atoms with Crippen molar-refractivity contribution in [2.75, 3.05) is 25.4 Å². The molecule has 1 saturated heterocycles. The monoisotopic (exact) mass is 248 g/mol. The zero-order valence-corrected chi connectivity index (χ0v) is 10.3. The molecule has 0 radical (unpaired) electrons. The summed E-state index contributed by atoms with van der Waals surface area (Å²) in [6.45, 7) is 1.89. The lowest BCUT2D eigenvalue weighted by molar-refractivity contribution is 0.127. The van der Waals surface area contributed by atoms with Crippen molar-refractivity contribution in [2.45, 2.75) is 37.8 Å². The van der Waals surface area contributed by atoms with E-state index in [1.165, 1.54) is 12.8 Å². The molecule has 16 heavy (non-hydrogen) atoms. The lowest BCUT2D eigenvalue weighted by atomic mass is 10.3. The Bertz CT molecular complexity index is 308. The molecule has 0 aromatic carbocycles. The number of sulfonamides is 1. The van der Waals surface area contributed by atoms with Crippen molar-refractivity contribution < 1.29 is 13.2 Å². The summed E-state index contributed by atoms with van der Waals surface area (Å²) in [6.07, 6.45) is 4.18. The fraction of sp³-hybridized carbons (Fsp3) is 1.00. The molecule has 1 heterocycles. The first kappa shape index (κ1) is 12.3. The number of rotatable bonds is 7. The molecule has 0 aromatic rings. The molecule has 0 amide bonds.